The normalized spacial score (nSPS) is 18.0. The molecule has 2 aromatic carbocycles. The summed E-state index contributed by atoms with van der Waals surface area (Å²) in [5.74, 6) is -0.637. The average molecular weight is 505 g/mol. The molecular formula is C23H25BrN2O4S. The van der Waals surface area contributed by atoms with Crippen molar-refractivity contribution < 1.29 is 18.0 Å². The monoisotopic (exact) mass is 504 g/mol. The van der Waals surface area contributed by atoms with E-state index in [1.54, 1.807) is 15.9 Å². The number of halogens is 1. The molecular weight excluding hydrogens is 480 g/mol. The van der Waals surface area contributed by atoms with Gasteiger partial charge in [-0.05, 0) is 48.6 Å². The first-order valence-corrected chi connectivity index (χ1v) is 12.8. The summed E-state index contributed by atoms with van der Waals surface area (Å²) in [5, 5.41) is 0. The van der Waals surface area contributed by atoms with Gasteiger partial charge in [0.1, 0.15) is 0 Å². The third-order valence-electron chi connectivity index (χ3n) is 6.06. The third-order valence-corrected chi connectivity index (χ3v) is 8.24. The Hall–Kier alpha value is -2.19. The molecule has 1 atom stereocenters. The Labute approximate surface area is 191 Å². The zero-order valence-electron chi connectivity index (χ0n) is 17.6. The van der Waals surface area contributed by atoms with Crippen LogP contribution in [0.5, 0.6) is 0 Å². The fraction of sp³-hybridized carbons (Fsp3) is 0.391. The highest BCUT2D eigenvalue weighted by Crippen LogP contribution is 2.40. The van der Waals surface area contributed by atoms with E-state index in [9.17, 15) is 18.0 Å². The fourth-order valence-electron chi connectivity index (χ4n) is 4.59. The standard InChI is InChI=1S/C23H25BrN2O4S/c1-15-11-19-12-20(24)13-21(23(19)26(15)16(2)27)31(29,30)10-8-22(28)25-9-7-17-5-3-4-6-18(17)14-25/h3-6,12-13,15H,7-11,14H2,1-2H3/t15-/m0/s1. The predicted octanol–water partition coefficient (Wildman–Crippen LogP) is 3.50. The maximum absolute atomic E-state index is 13.3. The topological polar surface area (TPSA) is 74.8 Å². The quantitative estimate of drug-likeness (QED) is 0.638. The van der Waals surface area contributed by atoms with Crippen LogP contribution in [0, 0.1) is 0 Å². The molecule has 0 aromatic heterocycles. The van der Waals surface area contributed by atoms with Crippen molar-refractivity contribution in [2.45, 2.75) is 50.6 Å². The molecule has 8 heteroatoms. The lowest BCUT2D eigenvalue weighted by molar-refractivity contribution is -0.131. The smallest absolute Gasteiger partial charge is 0.224 e. The number of sulfone groups is 1. The number of amides is 2. The van der Waals surface area contributed by atoms with E-state index in [0.29, 0.717) is 29.7 Å². The summed E-state index contributed by atoms with van der Waals surface area (Å²) in [7, 11) is -3.76. The van der Waals surface area contributed by atoms with E-state index in [2.05, 4.69) is 22.0 Å². The van der Waals surface area contributed by atoms with Crippen LogP contribution >= 0.6 is 15.9 Å². The Morgan fingerprint density at radius 1 is 1.13 bits per heavy atom. The molecule has 0 saturated carbocycles. The maximum Gasteiger partial charge on any atom is 0.224 e. The summed E-state index contributed by atoms with van der Waals surface area (Å²) >= 11 is 3.40. The molecule has 2 aliphatic heterocycles. The van der Waals surface area contributed by atoms with E-state index >= 15 is 0 Å². The first-order chi connectivity index (χ1) is 14.7. The molecule has 0 spiro atoms. The van der Waals surface area contributed by atoms with E-state index in [1.165, 1.54) is 12.5 Å². The van der Waals surface area contributed by atoms with Gasteiger partial charge in [-0.25, -0.2) is 8.42 Å². The summed E-state index contributed by atoms with van der Waals surface area (Å²) in [6.07, 6.45) is 1.30. The van der Waals surface area contributed by atoms with Crippen molar-refractivity contribution in [1.82, 2.24) is 4.90 Å². The molecule has 0 radical (unpaired) electrons. The minimum atomic E-state index is -3.76. The minimum Gasteiger partial charge on any atom is -0.338 e. The highest BCUT2D eigenvalue weighted by molar-refractivity contribution is 9.10. The lowest BCUT2D eigenvalue weighted by Gasteiger charge is -2.29. The molecule has 2 aliphatic rings. The van der Waals surface area contributed by atoms with Gasteiger partial charge in [-0.2, -0.15) is 0 Å². The molecule has 0 saturated heterocycles. The van der Waals surface area contributed by atoms with Gasteiger partial charge in [0.25, 0.3) is 0 Å². The zero-order chi connectivity index (χ0) is 22.3. The van der Waals surface area contributed by atoms with Gasteiger partial charge < -0.3 is 9.80 Å². The number of hydrogen-bond acceptors (Lipinski definition) is 4. The van der Waals surface area contributed by atoms with Crippen LogP contribution in [0.15, 0.2) is 45.8 Å². The van der Waals surface area contributed by atoms with E-state index in [0.717, 1.165) is 17.5 Å². The molecule has 2 aromatic rings. The third kappa shape index (κ3) is 4.28. The molecule has 2 amide bonds. The number of hydrogen-bond donors (Lipinski definition) is 0. The van der Waals surface area contributed by atoms with E-state index in [-0.39, 0.29) is 34.9 Å². The number of fused-ring (bicyclic) bond motifs is 2. The Kier molecular flexibility index (Phi) is 5.96. The first-order valence-electron chi connectivity index (χ1n) is 10.4. The number of carbonyl (C=O) groups excluding carboxylic acids is 2. The Morgan fingerprint density at radius 3 is 2.55 bits per heavy atom. The van der Waals surface area contributed by atoms with Crippen molar-refractivity contribution in [1.29, 1.82) is 0 Å². The van der Waals surface area contributed by atoms with Gasteiger partial charge in [0, 0.05) is 36.9 Å². The molecule has 4 rings (SSSR count). The predicted molar refractivity (Wildman–Crippen MR) is 123 cm³/mol. The van der Waals surface area contributed by atoms with Gasteiger partial charge in [-0.15, -0.1) is 0 Å². The van der Waals surface area contributed by atoms with Gasteiger partial charge in [0.2, 0.25) is 11.8 Å². The van der Waals surface area contributed by atoms with Crippen LogP contribution in [0.3, 0.4) is 0 Å². The summed E-state index contributed by atoms with van der Waals surface area (Å²) in [5.41, 5.74) is 3.64. The molecule has 0 unspecified atom stereocenters. The van der Waals surface area contributed by atoms with Gasteiger partial charge in [-0.1, -0.05) is 40.2 Å². The van der Waals surface area contributed by atoms with Crippen LogP contribution in [0.1, 0.15) is 37.0 Å². The second-order valence-electron chi connectivity index (χ2n) is 8.26. The van der Waals surface area contributed by atoms with Crippen LogP contribution in [-0.4, -0.2) is 43.5 Å². The summed E-state index contributed by atoms with van der Waals surface area (Å²) in [6.45, 7) is 4.46. The van der Waals surface area contributed by atoms with E-state index < -0.39 is 9.84 Å². The van der Waals surface area contributed by atoms with Crippen LogP contribution in [0.4, 0.5) is 5.69 Å². The second kappa shape index (κ2) is 8.39. The molecule has 31 heavy (non-hydrogen) atoms. The maximum atomic E-state index is 13.3. The largest absolute Gasteiger partial charge is 0.338 e. The first kappa shape index (κ1) is 22.0. The second-order valence-corrected chi connectivity index (χ2v) is 11.2. The highest BCUT2D eigenvalue weighted by atomic mass is 79.9. The van der Waals surface area contributed by atoms with E-state index in [4.69, 9.17) is 0 Å². The highest BCUT2D eigenvalue weighted by Gasteiger charge is 2.35. The number of benzene rings is 2. The Bertz CT molecular complexity index is 1160. The minimum absolute atomic E-state index is 0.0819. The van der Waals surface area contributed by atoms with Crippen LogP contribution in [-0.2, 0) is 38.8 Å². The van der Waals surface area contributed by atoms with Gasteiger partial charge in [-0.3, -0.25) is 9.59 Å². The molecule has 0 fully saturated rings. The number of rotatable bonds is 4. The fourth-order valence-corrected chi connectivity index (χ4v) is 6.74. The van der Waals surface area contributed by atoms with Gasteiger partial charge in [0.15, 0.2) is 9.84 Å². The zero-order valence-corrected chi connectivity index (χ0v) is 20.0. The summed E-state index contributed by atoms with van der Waals surface area (Å²) < 4.78 is 27.2. The van der Waals surface area contributed by atoms with Crippen molar-refractivity contribution in [3.8, 4) is 0 Å². The van der Waals surface area contributed by atoms with Crippen molar-refractivity contribution in [3.63, 3.8) is 0 Å². The summed E-state index contributed by atoms with van der Waals surface area (Å²) in [4.78, 5) is 28.4. The van der Waals surface area contributed by atoms with Crippen molar-refractivity contribution in [3.05, 3.63) is 57.6 Å². The lowest BCUT2D eigenvalue weighted by atomic mass is 10.00. The average Bonchev–Trinajstić information content (AvgIpc) is 3.06. The number of carbonyl (C=O) groups is 2. The van der Waals surface area contributed by atoms with Crippen molar-refractivity contribution >= 4 is 43.3 Å². The molecule has 0 aliphatic carbocycles. The van der Waals surface area contributed by atoms with Crippen LogP contribution in [0.25, 0.3) is 0 Å². The van der Waals surface area contributed by atoms with E-state index in [1.807, 2.05) is 31.2 Å². The number of nitrogens with zero attached hydrogens (tertiary/aromatic N) is 2. The molecule has 0 N–H and O–H groups in total. The summed E-state index contributed by atoms with van der Waals surface area (Å²) in [6, 6.07) is 11.3. The van der Waals surface area contributed by atoms with Crippen LogP contribution < -0.4 is 4.90 Å². The van der Waals surface area contributed by atoms with Crippen molar-refractivity contribution in [2.75, 3.05) is 17.2 Å². The molecule has 6 nitrogen and oxygen atoms in total. The number of anilines is 1. The molecule has 0 bridgehead atoms. The SMILES string of the molecule is CC(=O)N1c2c(cc(Br)cc2S(=O)(=O)CCC(=O)N2CCc3ccccc3C2)C[C@@H]1C. The molecule has 164 valence electrons. The lowest BCUT2D eigenvalue weighted by Crippen LogP contribution is -2.37. The Balaban J connectivity index is 1.54. The van der Waals surface area contributed by atoms with Crippen LogP contribution in [0.2, 0.25) is 0 Å². The van der Waals surface area contributed by atoms with Gasteiger partial charge >= 0.3 is 0 Å². The van der Waals surface area contributed by atoms with Crippen molar-refractivity contribution in [2.24, 2.45) is 0 Å². The van der Waals surface area contributed by atoms with Gasteiger partial charge in [0.05, 0.1) is 16.3 Å². The Morgan fingerprint density at radius 2 is 1.84 bits per heavy atom. The molecule has 2 heterocycles.